The third-order valence-electron chi connectivity index (χ3n) is 3.96. The highest BCUT2D eigenvalue weighted by Gasteiger charge is 2.24. The SMILES string of the molecule is CCOC(=O)c1c(-c2cccs2)csc1NC(=O)C[NH2+][C@@H](C)c1ccco1. The Morgan fingerprint density at radius 1 is 1.30 bits per heavy atom. The molecular formula is C19H21N2O4S2+. The summed E-state index contributed by atoms with van der Waals surface area (Å²) in [4.78, 5) is 25.8. The number of amides is 1. The number of hydrogen-bond donors (Lipinski definition) is 2. The molecule has 0 fully saturated rings. The molecule has 1 atom stereocenters. The van der Waals surface area contributed by atoms with Gasteiger partial charge >= 0.3 is 5.97 Å². The minimum atomic E-state index is -0.426. The predicted octanol–water partition coefficient (Wildman–Crippen LogP) is 3.51. The molecule has 0 radical (unpaired) electrons. The Morgan fingerprint density at radius 3 is 2.81 bits per heavy atom. The molecule has 0 aromatic carbocycles. The number of thiophene rings is 2. The lowest BCUT2D eigenvalue weighted by molar-refractivity contribution is -0.684. The molecule has 3 aromatic heterocycles. The monoisotopic (exact) mass is 405 g/mol. The molecule has 27 heavy (non-hydrogen) atoms. The maximum atomic E-state index is 12.5. The third-order valence-corrected chi connectivity index (χ3v) is 5.76. The minimum Gasteiger partial charge on any atom is -0.463 e. The summed E-state index contributed by atoms with van der Waals surface area (Å²) in [6.07, 6.45) is 1.61. The molecule has 0 aliphatic heterocycles. The van der Waals surface area contributed by atoms with Crippen LogP contribution >= 0.6 is 22.7 Å². The van der Waals surface area contributed by atoms with E-state index >= 15 is 0 Å². The van der Waals surface area contributed by atoms with Crippen LogP contribution in [0.15, 0.2) is 45.7 Å². The molecule has 3 aromatic rings. The number of rotatable bonds is 8. The van der Waals surface area contributed by atoms with Crippen LogP contribution in [0.4, 0.5) is 5.00 Å². The first-order valence-corrected chi connectivity index (χ1v) is 10.3. The van der Waals surface area contributed by atoms with E-state index in [-0.39, 0.29) is 25.1 Å². The van der Waals surface area contributed by atoms with E-state index in [0.717, 1.165) is 16.2 Å². The molecule has 0 bridgehead atoms. The molecule has 3 N–H and O–H groups in total. The number of carbonyl (C=O) groups excluding carboxylic acids is 2. The lowest BCUT2D eigenvalue weighted by Crippen LogP contribution is -2.86. The number of carbonyl (C=O) groups is 2. The molecule has 3 rings (SSSR count). The molecule has 6 nitrogen and oxygen atoms in total. The lowest BCUT2D eigenvalue weighted by atomic mass is 10.1. The van der Waals surface area contributed by atoms with E-state index in [4.69, 9.17) is 9.15 Å². The first kappa shape index (κ1) is 19.3. The predicted molar refractivity (Wildman–Crippen MR) is 106 cm³/mol. The minimum absolute atomic E-state index is 0.0280. The van der Waals surface area contributed by atoms with Gasteiger partial charge in [-0.15, -0.1) is 22.7 Å². The van der Waals surface area contributed by atoms with Crippen LogP contribution in [0, 0.1) is 0 Å². The number of hydrogen-bond acceptors (Lipinski definition) is 6. The van der Waals surface area contributed by atoms with E-state index in [1.807, 2.05) is 47.3 Å². The van der Waals surface area contributed by atoms with Crippen molar-refractivity contribution in [1.82, 2.24) is 0 Å². The van der Waals surface area contributed by atoms with Gasteiger partial charge in [0.1, 0.15) is 16.6 Å². The second kappa shape index (κ2) is 8.98. The van der Waals surface area contributed by atoms with E-state index in [1.165, 1.54) is 11.3 Å². The molecule has 0 aliphatic rings. The van der Waals surface area contributed by atoms with E-state index in [1.54, 1.807) is 24.5 Å². The Kier molecular flexibility index (Phi) is 6.44. The third kappa shape index (κ3) is 4.65. The summed E-state index contributed by atoms with van der Waals surface area (Å²) in [5.41, 5.74) is 1.20. The summed E-state index contributed by atoms with van der Waals surface area (Å²) >= 11 is 2.87. The van der Waals surface area contributed by atoms with Crippen LogP contribution in [0.2, 0.25) is 0 Å². The van der Waals surface area contributed by atoms with Crippen LogP contribution in [-0.2, 0) is 9.53 Å². The Hall–Kier alpha value is -2.42. The van der Waals surface area contributed by atoms with Gasteiger partial charge in [-0.25, -0.2) is 4.79 Å². The van der Waals surface area contributed by atoms with Crippen molar-refractivity contribution in [2.24, 2.45) is 0 Å². The highest BCUT2D eigenvalue weighted by molar-refractivity contribution is 7.17. The smallest absolute Gasteiger partial charge is 0.341 e. The quantitative estimate of drug-likeness (QED) is 0.562. The fourth-order valence-corrected chi connectivity index (χ4v) is 4.38. The standard InChI is InChI=1S/C19H20N2O4S2/c1-3-24-19(23)17-13(15-7-5-9-26-15)11-27-18(17)21-16(22)10-20-12(2)14-6-4-8-25-14/h4-9,11-12,20H,3,10H2,1-2H3,(H,21,22)/p+1/t12-/m0/s1. The summed E-state index contributed by atoms with van der Waals surface area (Å²) in [6, 6.07) is 7.60. The van der Waals surface area contributed by atoms with Gasteiger partial charge in [0.05, 0.1) is 12.9 Å². The second-order valence-electron chi connectivity index (χ2n) is 5.84. The summed E-state index contributed by atoms with van der Waals surface area (Å²) in [5.74, 6) is 0.204. The molecule has 142 valence electrons. The van der Waals surface area contributed by atoms with Gasteiger partial charge < -0.3 is 19.8 Å². The van der Waals surface area contributed by atoms with Gasteiger partial charge in [-0.1, -0.05) is 6.07 Å². The fourth-order valence-electron chi connectivity index (χ4n) is 2.60. The maximum absolute atomic E-state index is 12.5. The van der Waals surface area contributed by atoms with E-state index in [0.29, 0.717) is 10.6 Å². The Balaban J connectivity index is 1.72. The molecule has 8 heteroatoms. The van der Waals surface area contributed by atoms with Gasteiger partial charge in [-0.05, 0) is 37.4 Å². The molecule has 0 saturated carbocycles. The highest BCUT2D eigenvalue weighted by atomic mass is 32.1. The topological polar surface area (TPSA) is 85.1 Å². The van der Waals surface area contributed by atoms with Crippen molar-refractivity contribution in [2.45, 2.75) is 19.9 Å². The van der Waals surface area contributed by atoms with E-state index in [2.05, 4.69) is 5.32 Å². The highest BCUT2D eigenvalue weighted by Crippen LogP contribution is 2.38. The van der Waals surface area contributed by atoms with Crippen LogP contribution in [0.25, 0.3) is 10.4 Å². The van der Waals surface area contributed by atoms with Gasteiger partial charge in [0.2, 0.25) is 0 Å². The van der Waals surface area contributed by atoms with Gasteiger partial charge in [-0.2, -0.15) is 0 Å². The first-order chi connectivity index (χ1) is 13.1. The normalized spacial score (nSPS) is 11.9. The van der Waals surface area contributed by atoms with Crippen molar-refractivity contribution in [3.05, 3.63) is 52.6 Å². The maximum Gasteiger partial charge on any atom is 0.341 e. The molecule has 0 aliphatic carbocycles. The number of esters is 1. The molecular weight excluding hydrogens is 384 g/mol. The molecule has 0 spiro atoms. The zero-order valence-corrected chi connectivity index (χ0v) is 16.7. The second-order valence-corrected chi connectivity index (χ2v) is 7.67. The van der Waals surface area contributed by atoms with Gasteiger partial charge in [-0.3, -0.25) is 4.79 Å². The van der Waals surface area contributed by atoms with Crippen molar-refractivity contribution in [3.8, 4) is 10.4 Å². The first-order valence-electron chi connectivity index (χ1n) is 8.59. The number of ether oxygens (including phenoxy) is 1. The Labute approximate surface area is 165 Å². The Morgan fingerprint density at radius 2 is 2.15 bits per heavy atom. The van der Waals surface area contributed by atoms with Crippen LogP contribution in [0.3, 0.4) is 0 Å². The van der Waals surface area contributed by atoms with E-state index < -0.39 is 5.97 Å². The van der Waals surface area contributed by atoms with Crippen LogP contribution in [0.5, 0.6) is 0 Å². The molecule has 0 saturated heterocycles. The summed E-state index contributed by atoms with van der Waals surface area (Å²) in [5, 5.41) is 9.08. The van der Waals surface area contributed by atoms with Crippen LogP contribution in [-0.4, -0.2) is 25.0 Å². The van der Waals surface area contributed by atoms with Crippen molar-refractivity contribution < 1.29 is 24.1 Å². The van der Waals surface area contributed by atoms with Crippen molar-refractivity contribution in [3.63, 3.8) is 0 Å². The van der Waals surface area contributed by atoms with Crippen molar-refractivity contribution >= 4 is 39.6 Å². The van der Waals surface area contributed by atoms with Crippen LogP contribution < -0.4 is 10.6 Å². The number of quaternary nitrogens is 1. The average molecular weight is 406 g/mol. The zero-order valence-electron chi connectivity index (χ0n) is 15.1. The van der Waals surface area contributed by atoms with Gasteiger partial charge in [0.25, 0.3) is 5.91 Å². The molecule has 1 amide bonds. The zero-order chi connectivity index (χ0) is 19.2. The number of anilines is 1. The summed E-state index contributed by atoms with van der Waals surface area (Å²) in [7, 11) is 0. The largest absolute Gasteiger partial charge is 0.463 e. The molecule has 0 unspecified atom stereocenters. The number of nitrogens with two attached hydrogens (primary N) is 1. The van der Waals surface area contributed by atoms with Gasteiger partial charge in [0.15, 0.2) is 12.3 Å². The Bertz CT molecular complexity index is 885. The summed E-state index contributed by atoms with van der Waals surface area (Å²) in [6.45, 7) is 4.23. The van der Waals surface area contributed by atoms with E-state index in [9.17, 15) is 9.59 Å². The molecule has 3 heterocycles. The van der Waals surface area contributed by atoms with Crippen LogP contribution in [0.1, 0.15) is 36.0 Å². The number of nitrogens with one attached hydrogen (secondary N) is 1. The van der Waals surface area contributed by atoms with Crippen molar-refractivity contribution in [1.29, 1.82) is 0 Å². The van der Waals surface area contributed by atoms with Crippen molar-refractivity contribution in [2.75, 3.05) is 18.5 Å². The van der Waals surface area contributed by atoms with Gasteiger partial charge in [0, 0.05) is 15.8 Å². The average Bonchev–Trinajstić information content (AvgIpc) is 3.40. The lowest BCUT2D eigenvalue weighted by Gasteiger charge is -2.09. The summed E-state index contributed by atoms with van der Waals surface area (Å²) < 4.78 is 10.5. The fraction of sp³-hybridized carbons (Fsp3) is 0.263. The number of furan rings is 1.